The fourth-order valence-electron chi connectivity index (χ4n) is 6.34. The topological polar surface area (TPSA) is 52.6 Å². The summed E-state index contributed by atoms with van der Waals surface area (Å²) in [7, 11) is 0. The van der Waals surface area contributed by atoms with Gasteiger partial charge in [-0.3, -0.25) is 0 Å². The number of halogens is 3. The Morgan fingerprint density at radius 1 is 0.714 bits per heavy atom. The molecule has 0 aromatic heterocycles. The molecule has 1 aromatic rings. The Balaban J connectivity index is 1.81. The maximum Gasteiger partial charge on any atom is 0.416 e. The first-order valence-electron chi connectivity index (χ1n) is 17.3. The summed E-state index contributed by atoms with van der Waals surface area (Å²) in [6, 6.07) is 4.67. The molecule has 0 N–H and O–H groups in total. The van der Waals surface area contributed by atoms with Crippen molar-refractivity contribution in [2.24, 2.45) is 10.8 Å². The molecule has 0 saturated heterocycles. The number of carbonyl (C=O) groups excluding carboxylic acids is 2. The number of carbonyl (C=O) groups is 2. The summed E-state index contributed by atoms with van der Waals surface area (Å²) in [5.74, 6) is -0.259. The van der Waals surface area contributed by atoms with Gasteiger partial charge < -0.3 is 9.47 Å². The van der Waals surface area contributed by atoms with Gasteiger partial charge in [-0.25, -0.2) is 9.59 Å². The lowest BCUT2D eigenvalue weighted by Crippen LogP contribution is -2.13. The number of rotatable bonds is 17. The van der Waals surface area contributed by atoms with Gasteiger partial charge in [0.25, 0.3) is 0 Å². The number of esters is 2. The highest BCUT2D eigenvalue weighted by molar-refractivity contribution is 5.82. The van der Waals surface area contributed by atoms with Crippen molar-refractivity contribution in [3.8, 4) is 0 Å². The molecular weight excluding hydrogens is 625 g/mol. The van der Waals surface area contributed by atoms with Crippen LogP contribution in [0.3, 0.4) is 0 Å². The van der Waals surface area contributed by atoms with Crippen LogP contribution in [0.5, 0.6) is 0 Å². The Morgan fingerprint density at radius 2 is 1.22 bits per heavy atom. The fourth-order valence-corrected chi connectivity index (χ4v) is 6.34. The minimum Gasteiger partial charge on any atom is -0.424 e. The summed E-state index contributed by atoms with van der Waals surface area (Å²) >= 11 is 0. The van der Waals surface area contributed by atoms with E-state index in [-0.39, 0.29) is 17.4 Å². The van der Waals surface area contributed by atoms with Crippen LogP contribution in [0.1, 0.15) is 102 Å². The van der Waals surface area contributed by atoms with Gasteiger partial charge in [-0.15, -0.1) is 0 Å². The van der Waals surface area contributed by atoms with Gasteiger partial charge in [0.1, 0.15) is 11.5 Å². The SMILES string of the molecule is C=CC(=O)OC1=CC(C)(CCCC)C=C(CCc2ccc(CCC3=CC(C)(CCCCC)C=C(OC(=O)C=C)C=C3)c(C(F)(F)F)c2)C=C1. The third kappa shape index (κ3) is 12.7. The summed E-state index contributed by atoms with van der Waals surface area (Å²) in [5.41, 5.74) is 1.30. The van der Waals surface area contributed by atoms with Crippen LogP contribution in [-0.4, -0.2) is 11.9 Å². The van der Waals surface area contributed by atoms with Gasteiger partial charge >= 0.3 is 18.1 Å². The van der Waals surface area contributed by atoms with Gasteiger partial charge in [-0.2, -0.15) is 13.2 Å². The van der Waals surface area contributed by atoms with E-state index in [1.807, 2.05) is 24.3 Å². The van der Waals surface area contributed by atoms with Crippen LogP contribution in [0.25, 0.3) is 0 Å². The molecule has 0 aliphatic heterocycles. The van der Waals surface area contributed by atoms with Crippen molar-refractivity contribution >= 4 is 11.9 Å². The smallest absolute Gasteiger partial charge is 0.416 e. The summed E-state index contributed by atoms with van der Waals surface area (Å²) in [4.78, 5) is 23.8. The second-order valence-corrected chi connectivity index (χ2v) is 13.5. The monoisotopic (exact) mass is 676 g/mol. The van der Waals surface area contributed by atoms with Crippen LogP contribution >= 0.6 is 0 Å². The molecule has 0 heterocycles. The van der Waals surface area contributed by atoms with E-state index < -0.39 is 29.1 Å². The number of unbranched alkanes of at least 4 members (excludes halogenated alkanes) is 3. The van der Waals surface area contributed by atoms with E-state index in [0.717, 1.165) is 68.2 Å². The summed E-state index contributed by atoms with van der Waals surface area (Å²) in [5, 5.41) is 0. The van der Waals surface area contributed by atoms with Crippen LogP contribution in [-0.2, 0) is 38.1 Å². The van der Waals surface area contributed by atoms with Crippen LogP contribution in [0.4, 0.5) is 13.2 Å². The number of aryl methyl sites for hydroxylation is 2. The van der Waals surface area contributed by atoms with Crippen molar-refractivity contribution < 1.29 is 32.2 Å². The minimum absolute atomic E-state index is 0.208. The van der Waals surface area contributed by atoms with Crippen LogP contribution < -0.4 is 0 Å². The number of hydrogen-bond donors (Lipinski definition) is 0. The van der Waals surface area contributed by atoms with Crippen molar-refractivity contribution in [3.05, 3.63) is 131 Å². The molecule has 0 saturated carbocycles. The van der Waals surface area contributed by atoms with Crippen molar-refractivity contribution in [2.45, 2.75) is 105 Å². The molecule has 49 heavy (non-hydrogen) atoms. The van der Waals surface area contributed by atoms with Crippen molar-refractivity contribution in [2.75, 3.05) is 0 Å². The maximum atomic E-state index is 14.4. The van der Waals surface area contributed by atoms with E-state index in [9.17, 15) is 22.8 Å². The molecule has 0 spiro atoms. The highest BCUT2D eigenvalue weighted by Gasteiger charge is 2.33. The molecule has 3 rings (SSSR count). The molecule has 264 valence electrons. The first kappa shape index (κ1) is 39.3. The lowest BCUT2D eigenvalue weighted by atomic mass is 9.82. The first-order valence-corrected chi connectivity index (χ1v) is 17.3. The average Bonchev–Trinajstić information content (AvgIpc) is 3.31. The molecule has 7 heteroatoms. The Hall–Kier alpha value is -4.13. The Bertz CT molecular complexity index is 1550. The lowest BCUT2D eigenvalue weighted by molar-refractivity contribution is -0.138. The van der Waals surface area contributed by atoms with Gasteiger partial charge in [0.2, 0.25) is 0 Å². The number of hydrogen-bond acceptors (Lipinski definition) is 4. The number of alkyl halides is 3. The van der Waals surface area contributed by atoms with Crippen LogP contribution in [0, 0.1) is 10.8 Å². The molecule has 4 nitrogen and oxygen atoms in total. The van der Waals surface area contributed by atoms with E-state index in [4.69, 9.17) is 9.47 Å². The van der Waals surface area contributed by atoms with Crippen molar-refractivity contribution in [3.63, 3.8) is 0 Å². The Labute approximate surface area is 290 Å². The highest BCUT2D eigenvalue weighted by atomic mass is 19.4. The van der Waals surface area contributed by atoms with E-state index in [1.54, 1.807) is 24.3 Å². The second-order valence-electron chi connectivity index (χ2n) is 13.5. The third-order valence-corrected chi connectivity index (χ3v) is 8.92. The summed E-state index contributed by atoms with van der Waals surface area (Å²) in [6.45, 7) is 15.3. The third-order valence-electron chi connectivity index (χ3n) is 8.92. The molecule has 0 amide bonds. The summed E-state index contributed by atoms with van der Waals surface area (Å²) < 4.78 is 54.2. The molecule has 0 radical (unpaired) electrons. The molecule has 2 atom stereocenters. The molecule has 1 aromatic carbocycles. The number of ether oxygens (including phenoxy) is 2. The molecule has 2 unspecified atom stereocenters. The molecule has 0 fully saturated rings. The van der Waals surface area contributed by atoms with E-state index in [1.165, 1.54) is 6.07 Å². The first-order chi connectivity index (χ1) is 23.2. The number of benzene rings is 1. The molecule has 0 bridgehead atoms. The van der Waals surface area contributed by atoms with Crippen LogP contribution in [0.15, 0.2) is 115 Å². The predicted octanol–water partition coefficient (Wildman–Crippen LogP) is 11.6. The van der Waals surface area contributed by atoms with Gasteiger partial charge in [0, 0.05) is 23.0 Å². The van der Waals surface area contributed by atoms with Crippen molar-refractivity contribution in [1.29, 1.82) is 0 Å². The standard InChI is InChI=1S/C42H51F3O4/c1-7-11-13-25-41(6)28-33(19-23-36(30-41)49-39(47)10-4)17-21-34-20-16-31(26-37(34)42(43,44)45)14-15-32-18-22-35(48-38(46)9-3)29-40(5,27-32)24-12-8-2/h9-10,16,18-20,22-23,26-30H,3-4,7-8,11-15,17,21,24-25H2,1-2,5-6H3. The quantitative estimate of drug-likeness (QED) is 0.0936. The average molecular weight is 677 g/mol. The minimum atomic E-state index is -4.50. The zero-order valence-corrected chi connectivity index (χ0v) is 29.5. The van der Waals surface area contributed by atoms with Gasteiger partial charge in [-0.1, -0.05) is 121 Å². The molecular formula is C42H51F3O4. The normalized spacial score (nSPS) is 20.6. The fraction of sp³-hybridized carbons (Fsp3) is 0.429. The second kappa shape index (κ2) is 18.0. The zero-order valence-electron chi connectivity index (χ0n) is 29.5. The van der Waals surface area contributed by atoms with E-state index in [0.29, 0.717) is 36.3 Å². The Morgan fingerprint density at radius 3 is 1.71 bits per heavy atom. The molecule has 2 aliphatic carbocycles. The largest absolute Gasteiger partial charge is 0.424 e. The van der Waals surface area contributed by atoms with Gasteiger partial charge in [0.15, 0.2) is 0 Å². The number of allylic oxidation sites excluding steroid dienone is 10. The van der Waals surface area contributed by atoms with E-state index >= 15 is 0 Å². The zero-order chi connectivity index (χ0) is 36.1. The lowest BCUT2D eigenvalue weighted by Gasteiger charge is -2.23. The molecule has 2 aliphatic rings. The van der Waals surface area contributed by atoms with Gasteiger partial charge in [-0.05, 0) is 80.0 Å². The predicted molar refractivity (Wildman–Crippen MR) is 191 cm³/mol. The highest BCUT2D eigenvalue weighted by Crippen LogP contribution is 2.38. The maximum absolute atomic E-state index is 14.4. The van der Waals surface area contributed by atoms with E-state index in [2.05, 4.69) is 53.0 Å². The van der Waals surface area contributed by atoms with Crippen LogP contribution in [0.2, 0.25) is 0 Å². The Kier molecular flexibility index (Phi) is 14.5. The van der Waals surface area contributed by atoms with Crippen molar-refractivity contribution in [1.82, 2.24) is 0 Å². The summed E-state index contributed by atoms with van der Waals surface area (Å²) in [6.07, 6.45) is 21.2. The van der Waals surface area contributed by atoms with Gasteiger partial charge in [0.05, 0.1) is 5.56 Å².